The number of nitrogens with zero attached hydrogens (tertiary/aromatic N) is 1. The lowest BCUT2D eigenvalue weighted by Gasteiger charge is -2.33. The highest BCUT2D eigenvalue weighted by atomic mass is 16.5. The van der Waals surface area contributed by atoms with Gasteiger partial charge >= 0.3 is 0 Å². The average Bonchev–Trinajstić information content (AvgIpc) is 2.49. The molecule has 2 fully saturated rings. The van der Waals surface area contributed by atoms with E-state index < -0.39 is 0 Å². The second-order valence-corrected chi connectivity index (χ2v) is 7.75. The van der Waals surface area contributed by atoms with E-state index in [1.807, 2.05) is 0 Å². The topological polar surface area (TPSA) is 47.7 Å². The van der Waals surface area contributed by atoms with Gasteiger partial charge in [0.25, 0.3) is 0 Å². The van der Waals surface area contributed by atoms with Crippen LogP contribution >= 0.6 is 0 Å². The van der Waals surface area contributed by atoms with Crippen LogP contribution in [-0.4, -0.2) is 55.5 Å². The van der Waals surface area contributed by atoms with E-state index in [0.29, 0.717) is 11.8 Å². The van der Waals surface area contributed by atoms with Crippen molar-refractivity contribution in [1.82, 2.24) is 4.90 Å². The minimum atomic E-state index is -0.233. The summed E-state index contributed by atoms with van der Waals surface area (Å²) in [5, 5.41) is 0. The van der Waals surface area contributed by atoms with E-state index in [0.717, 1.165) is 26.3 Å². The number of rotatable bonds is 4. The Morgan fingerprint density at radius 2 is 1.85 bits per heavy atom. The van der Waals surface area contributed by atoms with Gasteiger partial charge in [-0.2, -0.15) is 0 Å². The van der Waals surface area contributed by atoms with E-state index >= 15 is 0 Å². The van der Waals surface area contributed by atoms with Crippen molar-refractivity contribution in [3.63, 3.8) is 0 Å². The summed E-state index contributed by atoms with van der Waals surface area (Å²) in [5.74, 6) is 1.04. The van der Waals surface area contributed by atoms with Gasteiger partial charge in [0, 0.05) is 31.7 Å². The molecule has 0 saturated carbocycles. The molecule has 2 heterocycles. The summed E-state index contributed by atoms with van der Waals surface area (Å²) in [6.07, 6.45) is 2.48. The van der Waals surface area contributed by atoms with Crippen LogP contribution < -0.4 is 5.73 Å². The highest BCUT2D eigenvalue weighted by Gasteiger charge is 2.52. The molecule has 0 spiro atoms. The molecule has 118 valence electrons. The predicted octanol–water partition coefficient (Wildman–Crippen LogP) is 1.88. The van der Waals surface area contributed by atoms with Crippen LogP contribution in [0.15, 0.2) is 0 Å². The molecule has 4 nitrogen and oxygen atoms in total. The van der Waals surface area contributed by atoms with Crippen molar-refractivity contribution in [2.75, 3.05) is 33.4 Å². The molecule has 0 radical (unpaired) electrons. The third-order valence-electron chi connectivity index (χ3n) is 4.99. The largest absolute Gasteiger partial charge is 0.381 e. The fraction of sp³-hybridized carbons (Fsp3) is 1.00. The van der Waals surface area contributed by atoms with Crippen LogP contribution in [-0.2, 0) is 9.47 Å². The first-order chi connectivity index (χ1) is 9.22. The fourth-order valence-corrected chi connectivity index (χ4v) is 3.87. The lowest BCUT2D eigenvalue weighted by Crippen LogP contribution is -2.48. The molecule has 3 unspecified atom stereocenters. The standard InChI is InChI=1S/C16H32N2O2/c1-15(2)13(14(17)16(3,4)20-15)10-18(5)9-12-7-6-8-19-11-12/h12-14H,6-11,17H2,1-5H3. The Labute approximate surface area is 124 Å². The summed E-state index contributed by atoms with van der Waals surface area (Å²) in [5.41, 5.74) is 6.05. The summed E-state index contributed by atoms with van der Waals surface area (Å²) in [4.78, 5) is 2.41. The first-order valence-corrected chi connectivity index (χ1v) is 7.94. The lowest BCUT2D eigenvalue weighted by molar-refractivity contribution is -0.0785. The van der Waals surface area contributed by atoms with Crippen molar-refractivity contribution in [3.05, 3.63) is 0 Å². The van der Waals surface area contributed by atoms with Crippen LogP contribution in [0.5, 0.6) is 0 Å². The molecular weight excluding hydrogens is 252 g/mol. The van der Waals surface area contributed by atoms with Gasteiger partial charge in [-0.1, -0.05) is 0 Å². The number of hydrogen-bond acceptors (Lipinski definition) is 4. The Hall–Kier alpha value is -0.160. The maximum atomic E-state index is 6.44. The molecular formula is C16H32N2O2. The van der Waals surface area contributed by atoms with Crippen LogP contribution in [0.25, 0.3) is 0 Å². The highest BCUT2D eigenvalue weighted by Crippen LogP contribution is 2.41. The maximum absolute atomic E-state index is 6.44. The summed E-state index contributed by atoms with van der Waals surface area (Å²) in [6.45, 7) is 12.5. The van der Waals surface area contributed by atoms with Gasteiger partial charge in [0.1, 0.15) is 0 Å². The summed E-state index contributed by atoms with van der Waals surface area (Å²) < 4.78 is 11.7. The molecule has 0 bridgehead atoms. The fourth-order valence-electron chi connectivity index (χ4n) is 3.87. The number of ether oxygens (including phenoxy) is 2. The normalized spacial score (nSPS) is 36.5. The molecule has 2 aliphatic heterocycles. The lowest BCUT2D eigenvalue weighted by atomic mass is 9.82. The zero-order valence-electron chi connectivity index (χ0n) is 13.8. The van der Waals surface area contributed by atoms with Gasteiger partial charge in [-0.3, -0.25) is 0 Å². The Kier molecular flexibility index (Phi) is 4.80. The zero-order valence-corrected chi connectivity index (χ0v) is 13.8. The van der Waals surface area contributed by atoms with Gasteiger partial charge in [0.05, 0.1) is 17.8 Å². The Balaban J connectivity index is 1.91. The Morgan fingerprint density at radius 3 is 2.35 bits per heavy atom. The van der Waals surface area contributed by atoms with Crippen molar-refractivity contribution in [3.8, 4) is 0 Å². The number of nitrogens with two attached hydrogens (primary N) is 1. The second kappa shape index (κ2) is 5.91. The molecule has 2 rings (SSSR count). The monoisotopic (exact) mass is 284 g/mol. The van der Waals surface area contributed by atoms with Crippen molar-refractivity contribution >= 4 is 0 Å². The average molecular weight is 284 g/mol. The molecule has 2 saturated heterocycles. The molecule has 0 aliphatic carbocycles. The van der Waals surface area contributed by atoms with Crippen molar-refractivity contribution < 1.29 is 9.47 Å². The van der Waals surface area contributed by atoms with Crippen molar-refractivity contribution in [1.29, 1.82) is 0 Å². The zero-order chi connectivity index (χ0) is 15.0. The Bertz CT molecular complexity index is 324. The van der Waals surface area contributed by atoms with Crippen LogP contribution in [0.2, 0.25) is 0 Å². The van der Waals surface area contributed by atoms with Crippen LogP contribution in [0.4, 0.5) is 0 Å². The van der Waals surface area contributed by atoms with Gasteiger partial charge < -0.3 is 20.1 Å². The molecule has 0 aromatic rings. The minimum absolute atomic E-state index is 0.0857. The first kappa shape index (κ1) is 16.2. The predicted molar refractivity (Wildman–Crippen MR) is 81.7 cm³/mol. The van der Waals surface area contributed by atoms with Gasteiger partial charge in [0.15, 0.2) is 0 Å². The van der Waals surface area contributed by atoms with Crippen LogP contribution in [0.3, 0.4) is 0 Å². The summed E-state index contributed by atoms with van der Waals surface area (Å²) in [7, 11) is 2.20. The van der Waals surface area contributed by atoms with E-state index in [2.05, 4.69) is 39.6 Å². The summed E-state index contributed by atoms with van der Waals surface area (Å²) >= 11 is 0. The third kappa shape index (κ3) is 3.53. The molecule has 3 atom stereocenters. The SMILES string of the molecule is CN(CC1CCCOC1)CC1C(N)C(C)(C)OC1(C)C. The van der Waals surface area contributed by atoms with E-state index in [1.165, 1.54) is 12.8 Å². The smallest absolute Gasteiger partial charge is 0.0788 e. The van der Waals surface area contributed by atoms with Crippen molar-refractivity contribution in [2.45, 2.75) is 57.8 Å². The molecule has 4 heteroatoms. The summed E-state index contributed by atoms with van der Waals surface area (Å²) in [6, 6.07) is 0.0857. The van der Waals surface area contributed by atoms with Crippen LogP contribution in [0.1, 0.15) is 40.5 Å². The van der Waals surface area contributed by atoms with E-state index in [4.69, 9.17) is 15.2 Å². The molecule has 2 N–H and O–H groups in total. The molecule has 0 aromatic heterocycles. The van der Waals surface area contributed by atoms with E-state index in [9.17, 15) is 0 Å². The quantitative estimate of drug-likeness (QED) is 0.856. The molecule has 2 aliphatic rings. The Morgan fingerprint density at radius 1 is 1.15 bits per heavy atom. The molecule has 20 heavy (non-hydrogen) atoms. The van der Waals surface area contributed by atoms with E-state index in [1.54, 1.807) is 0 Å². The van der Waals surface area contributed by atoms with Gasteiger partial charge in [-0.25, -0.2) is 0 Å². The van der Waals surface area contributed by atoms with Gasteiger partial charge in [0.2, 0.25) is 0 Å². The maximum Gasteiger partial charge on any atom is 0.0788 e. The van der Waals surface area contributed by atoms with Gasteiger partial charge in [-0.15, -0.1) is 0 Å². The molecule has 0 aromatic carbocycles. The third-order valence-corrected chi connectivity index (χ3v) is 4.99. The highest BCUT2D eigenvalue weighted by molar-refractivity contribution is 5.04. The second-order valence-electron chi connectivity index (χ2n) is 7.75. The van der Waals surface area contributed by atoms with Crippen molar-refractivity contribution in [2.24, 2.45) is 17.6 Å². The molecule has 0 amide bonds. The number of hydrogen-bond donors (Lipinski definition) is 1. The van der Waals surface area contributed by atoms with Crippen LogP contribution in [0, 0.1) is 11.8 Å². The minimum Gasteiger partial charge on any atom is -0.381 e. The first-order valence-electron chi connectivity index (χ1n) is 7.94. The van der Waals surface area contributed by atoms with E-state index in [-0.39, 0.29) is 17.2 Å². The van der Waals surface area contributed by atoms with Gasteiger partial charge in [-0.05, 0) is 53.5 Å².